The molecule has 2 aromatic carbocycles. The number of aryl methyl sites for hydroxylation is 1. The van der Waals surface area contributed by atoms with Gasteiger partial charge in [0.2, 0.25) is 0 Å². The lowest BCUT2D eigenvalue weighted by molar-refractivity contribution is 0.172. The summed E-state index contributed by atoms with van der Waals surface area (Å²) in [6.07, 6.45) is -1.02. The number of rotatable bonds is 3. The largest absolute Gasteiger partial charge is 0.388 e. The Morgan fingerprint density at radius 1 is 1.21 bits per heavy atom. The van der Waals surface area contributed by atoms with E-state index in [2.05, 4.69) is 15.9 Å². The Bertz CT molecular complexity index is 599. The quantitative estimate of drug-likeness (QED) is 0.891. The number of halogens is 3. The number of hydrogen-bond acceptors (Lipinski definition) is 1. The molecule has 0 bridgehead atoms. The van der Waals surface area contributed by atoms with Crippen LogP contribution in [0.3, 0.4) is 0 Å². The SMILES string of the molecule is Cc1cccc(C(O)Cc2ccc(Br)cc2F)c1F. The van der Waals surface area contributed by atoms with Crippen molar-refractivity contribution in [1.29, 1.82) is 0 Å². The maximum atomic E-state index is 13.9. The van der Waals surface area contributed by atoms with Crippen molar-refractivity contribution in [3.63, 3.8) is 0 Å². The van der Waals surface area contributed by atoms with Gasteiger partial charge in [-0.05, 0) is 30.2 Å². The Morgan fingerprint density at radius 2 is 1.95 bits per heavy atom. The summed E-state index contributed by atoms with van der Waals surface area (Å²) >= 11 is 3.17. The fourth-order valence-corrected chi connectivity index (χ4v) is 2.27. The van der Waals surface area contributed by atoms with Crippen LogP contribution in [-0.2, 0) is 6.42 Å². The Balaban J connectivity index is 2.25. The van der Waals surface area contributed by atoms with E-state index in [1.807, 2.05) is 0 Å². The highest BCUT2D eigenvalue weighted by Gasteiger charge is 2.16. The molecule has 0 aromatic heterocycles. The molecule has 19 heavy (non-hydrogen) atoms. The standard InChI is InChI=1S/C15H13BrF2O/c1-9-3-2-4-12(15(9)18)14(19)7-10-5-6-11(16)8-13(10)17/h2-6,8,14,19H,7H2,1H3. The van der Waals surface area contributed by atoms with E-state index in [4.69, 9.17) is 0 Å². The van der Waals surface area contributed by atoms with E-state index < -0.39 is 17.7 Å². The van der Waals surface area contributed by atoms with Crippen LogP contribution in [0.15, 0.2) is 40.9 Å². The monoisotopic (exact) mass is 326 g/mol. The van der Waals surface area contributed by atoms with Gasteiger partial charge in [-0.3, -0.25) is 0 Å². The lowest BCUT2D eigenvalue weighted by Gasteiger charge is -2.14. The fraction of sp³-hybridized carbons (Fsp3) is 0.200. The molecule has 0 saturated carbocycles. The summed E-state index contributed by atoms with van der Waals surface area (Å²) in [6, 6.07) is 9.42. The average molecular weight is 327 g/mol. The van der Waals surface area contributed by atoms with Gasteiger partial charge in [0.1, 0.15) is 11.6 Å². The summed E-state index contributed by atoms with van der Waals surface area (Å²) in [7, 11) is 0. The molecule has 1 nitrogen and oxygen atoms in total. The van der Waals surface area contributed by atoms with Crippen LogP contribution in [0.2, 0.25) is 0 Å². The van der Waals surface area contributed by atoms with Gasteiger partial charge in [0.25, 0.3) is 0 Å². The van der Waals surface area contributed by atoms with Crippen molar-refractivity contribution in [2.75, 3.05) is 0 Å². The van der Waals surface area contributed by atoms with Gasteiger partial charge in [-0.25, -0.2) is 8.78 Å². The summed E-state index contributed by atoms with van der Waals surface area (Å²) in [6.45, 7) is 1.63. The van der Waals surface area contributed by atoms with Crippen LogP contribution < -0.4 is 0 Å². The second kappa shape index (κ2) is 5.80. The average Bonchev–Trinajstić information content (AvgIpc) is 2.36. The molecule has 0 saturated heterocycles. The van der Waals surface area contributed by atoms with Crippen molar-refractivity contribution < 1.29 is 13.9 Å². The number of benzene rings is 2. The first-order valence-electron chi connectivity index (χ1n) is 5.86. The molecule has 0 aliphatic heterocycles. The first-order chi connectivity index (χ1) is 8.99. The van der Waals surface area contributed by atoms with Crippen molar-refractivity contribution in [3.8, 4) is 0 Å². The maximum absolute atomic E-state index is 13.9. The van der Waals surface area contributed by atoms with E-state index >= 15 is 0 Å². The zero-order valence-corrected chi connectivity index (χ0v) is 11.9. The number of aliphatic hydroxyl groups excluding tert-OH is 1. The predicted octanol–water partition coefficient (Wildman–Crippen LogP) is 4.31. The van der Waals surface area contributed by atoms with Gasteiger partial charge in [-0.1, -0.05) is 40.2 Å². The molecule has 2 rings (SSSR count). The Hall–Kier alpha value is -1.26. The Kier molecular flexibility index (Phi) is 4.32. The molecule has 0 aliphatic carbocycles. The third kappa shape index (κ3) is 3.19. The topological polar surface area (TPSA) is 20.2 Å². The van der Waals surface area contributed by atoms with Gasteiger partial charge in [0.05, 0.1) is 6.10 Å². The zero-order valence-electron chi connectivity index (χ0n) is 10.3. The molecule has 2 aromatic rings. The molecule has 0 fully saturated rings. The third-order valence-corrected chi connectivity index (χ3v) is 3.50. The molecular weight excluding hydrogens is 314 g/mol. The highest BCUT2D eigenvalue weighted by molar-refractivity contribution is 9.10. The lowest BCUT2D eigenvalue weighted by Crippen LogP contribution is -2.06. The predicted molar refractivity (Wildman–Crippen MR) is 73.9 cm³/mol. The third-order valence-electron chi connectivity index (χ3n) is 3.01. The lowest BCUT2D eigenvalue weighted by atomic mass is 9.99. The van der Waals surface area contributed by atoms with Crippen LogP contribution in [0.1, 0.15) is 22.8 Å². The first kappa shape index (κ1) is 14.2. The Labute approximate surface area is 119 Å². The minimum absolute atomic E-state index is 0.0412. The molecule has 1 unspecified atom stereocenters. The zero-order chi connectivity index (χ0) is 14.0. The van der Waals surface area contributed by atoms with E-state index in [1.54, 1.807) is 31.2 Å². The number of hydrogen-bond donors (Lipinski definition) is 1. The van der Waals surface area contributed by atoms with E-state index in [1.165, 1.54) is 12.1 Å². The second-order valence-electron chi connectivity index (χ2n) is 4.43. The van der Waals surface area contributed by atoms with E-state index in [0.717, 1.165) is 0 Å². The fourth-order valence-electron chi connectivity index (χ4n) is 1.93. The molecule has 1 N–H and O–H groups in total. The maximum Gasteiger partial charge on any atom is 0.131 e. The van der Waals surface area contributed by atoms with Crippen LogP contribution in [0.4, 0.5) is 8.78 Å². The van der Waals surface area contributed by atoms with Crippen LogP contribution in [0.5, 0.6) is 0 Å². The van der Waals surface area contributed by atoms with Crippen LogP contribution in [0.25, 0.3) is 0 Å². The molecule has 0 amide bonds. The summed E-state index contributed by atoms with van der Waals surface area (Å²) in [5, 5.41) is 10.1. The first-order valence-corrected chi connectivity index (χ1v) is 6.65. The van der Waals surface area contributed by atoms with Gasteiger partial charge >= 0.3 is 0 Å². The number of aliphatic hydroxyl groups is 1. The van der Waals surface area contributed by atoms with Crippen LogP contribution in [0, 0.1) is 18.6 Å². The van der Waals surface area contributed by atoms with Crippen molar-refractivity contribution >= 4 is 15.9 Å². The van der Waals surface area contributed by atoms with E-state index in [0.29, 0.717) is 15.6 Å². The summed E-state index contributed by atoms with van der Waals surface area (Å²) in [5.74, 6) is -0.853. The van der Waals surface area contributed by atoms with Crippen molar-refractivity contribution in [3.05, 3.63) is 69.2 Å². The summed E-state index contributed by atoms with van der Waals surface area (Å²) in [4.78, 5) is 0. The minimum atomic E-state index is -1.06. The molecule has 1 atom stereocenters. The van der Waals surface area contributed by atoms with Crippen molar-refractivity contribution in [1.82, 2.24) is 0 Å². The van der Waals surface area contributed by atoms with E-state index in [9.17, 15) is 13.9 Å². The van der Waals surface area contributed by atoms with Gasteiger partial charge in [0.15, 0.2) is 0 Å². The summed E-state index contributed by atoms with van der Waals surface area (Å²) in [5.41, 5.74) is 1.02. The van der Waals surface area contributed by atoms with Crippen molar-refractivity contribution in [2.45, 2.75) is 19.4 Å². The molecule has 0 aliphatic rings. The van der Waals surface area contributed by atoms with Gasteiger partial charge in [-0.2, -0.15) is 0 Å². The van der Waals surface area contributed by atoms with Crippen molar-refractivity contribution in [2.24, 2.45) is 0 Å². The smallest absolute Gasteiger partial charge is 0.131 e. The second-order valence-corrected chi connectivity index (χ2v) is 5.35. The Morgan fingerprint density at radius 3 is 2.63 bits per heavy atom. The minimum Gasteiger partial charge on any atom is -0.388 e. The summed E-state index contributed by atoms with van der Waals surface area (Å²) < 4.78 is 28.2. The molecule has 0 spiro atoms. The highest BCUT2D eigenvalue weighted by Crippen LogP contribution is 2.25. The molecule has 0 radical (unpaired) electrons. The van der Waals surface area contributed by atoms with Crippen LogP contribution >= 0.6 is 15.9 Å². The molecule has 100 valence electrons. The van der Waals surface area contributed by atoms with Gasteiger partial charge < -0.3 is 5.11 Å². The van der Waals surface area contributed by atoms with E-state index in [-0.39, 0.29) is 12.0 Å². The molecular formula is C15H13BrF2O. The van der Waals surface area contributed by atoms with Crippen LogP contribution in [-0.4, -0.2) is 5.11 Å². The molecule has 0 heterocycles. The highest BCUT2D eigenvalue weighted by atomic mass is 79.9. The normalized spacial score (nSPS) is 12.5. The van der Waals surface area contributed by atoms with Gasteiger partial charge in [-0.15, -0.1) is 0 Å². The molecule has 4 heteroatoms. The van der Waals surface area contributed by atoms with Gasteiger partial charge in [0, 0.05) is 16.5 Å².